The number of hydrogen-bond acceptors (Lipinski definition) is 4. The number of allylic oxidation sites excluding steroid dienone is 4. The summed E-state index contributed by atoms with van der Waals surface area (Å²) in [5.74, 6) is 1.42. The van der Waals surface area contributed by atoms with Crippen molar-refractivity contribution in [1.29, 1.82) is 0 Å². The minimum atomic E-state index is -1.23. The summed E-state index contributed by atoms with van der Waals surface area (Å²) in [6, 6.07) is 0. The van der Waals surface area contributed by atoms with E-state index in [1.807, 2.05) is 0 Å². The molecule has 0 aromatic heterocycles. The molecule has 0 bridgehead atoms. The lowest BCUT2D eigenvalue weighted by molar-refractivity contribution is -0.146. The van der Waals surface area contributed by atoms with Gasteiger partial charge < -0.3 is 9.84 Å². The number of carbonyl (C=O) groups excluding carboxylic acids is 2. The summed E-state index contributed by atoms with van der Waals surface area (Å²) in [6.45, 7) is 12.2. The second kappa shape index (κ2) is 11.2. The Labute approximate surface area is 214 Å². The van der Waals surface area contributed by atoms with E-state index in [0.29, 0.717) is 24.2 Å². The number of rotatable bonds is 8. The van der Waals surface area contributed by atoms with Crippen LogP contribution in [0.3, 0.4) is 0 Å². The molecular formula is C29H43BrO4. The fraction of sp³-hybridized carbons (Fsp3) is 0.724. The van der Waals surface area contributed by atoms with Crippen molar-refractivity contribution in [2.45, 2.75) is 104 Å². The van der Waals surface area contributed by atoms with E-state index in [9.17, 15) is 14.7 Å². The van der Waals surface area contributed by atoms with Crippen LogP contribution in [0.2, 0.25) is 0 Å². The molecular weight excluding hydrogens is 492 g/mol. The number of fused-ring (bicyclic) bond motifs is 1. The van der Waals surface area contributed by atoms with Crippen LogP contribution < -0.4 is 0 Å². The predicted octanol–water partition coefficient (Wildman–Crippen LogP) is 6.86. The largest absolute Gasteiger partial charge is 0.461 e. The molecule has 3 aliphatic carbocycles. The zero-order valence-electron chi connectivity index (χ0n) is 21.5. The lowest BCUT2D eigenvalue weighted by atomic mass is 9.60. The Kier molecular flexibility index (Phi) is 9.06. The topological polar surface area (TPSA) is 63.6 Å². The highest BCUT2D eigenvalue weighted by Gasteiger charge is 2.50. The van der Waals surface area contributed by atoms with Gasteiger partial charge in [-0.2, -0.15) is 0 Å². The van der Waals surface area contributed by atoms with Crippen molar-refractivity contribution in [3.8, 4) is 0 Å². The quantitative estimate of drug-likeness (QED) is 0.273. The maximum absolute atomic E-state index is 12.3. The monoisotopic (exact) mass is 534 g/mol. The van der Waals surface area contributed by atoms with E-state index in [-0.39, 0.29) is 28.6 Å². The van der Waals surface area contributed by atoms with Crippen LogP contribution in [0.4, 0.5) is 0 Å². The summed E-state index contributed by atoms with van der Waals surface area (Å²) in [7, 11) is 0. The summed E-state index contributed by atoms with van der Waals surface area (Å²) in [6.07, 6.45) is 14.4. The Hall–Kier alpha value is -1.20. The molecule has 1 unspecified atom stereocenters. The van der Waals surface area contributed by atoms with E-state index >= 15 is 0 Å². The second-order valence-electron chi connectivity index (χ2n) is 11.6. The molecule has 0 aromatic rings. The molecule has 34 heavy (non-hydrogen) atoms. The Balaban J connectivity index is 1.69. The van der Waals surface area contributed by atoms with Crippen molar-refractivity contribution in [2.75, 3.05) is 5.33 Å². The number of Topliss-reactive ketones (excluding diaryl/α,β-unsaturated/α-hetero) is 1. The van der Waals surface area contributed by atoms with Crippen LogP contribution in [0.5, 0.6) is 0 Å². The number of ether oxygens (including phenoxy) is 1. The molecule has 4 nitrogen and oxygen atoms in total. The first-order valence-corrected chi connectivity index (χ1v) is 14.2. The molecule has 3 saturated carbocycles. The van der Waals surface area contributed by atoms with Gasteiger partial charge in [0.2, 0.25) is 0 Å². The number of esters is 1. The Morgan fingerprint density at radius 3 is 2.68 bits per heavy atom. The Morgan fingerprint density at radius 1 is 1.26 bits per heavy atom. The average molecular weight is 536 g/mol. The van der Waals surface area contributed by atoms with Crippen molar-refractivity contribution in [3.05, 3.63) is 35.5 Å². The molecule has 3 rings (SSSR count). The fourth-order valence-electron chi connectivity index (χ4n) is 6.78. The van der Waals surface area contributed by atoms with E-state index in [1.54, 1.807) is 19.4 Å². The summed E-state index contributed by atoms with van der Waals surface area (Å²) in [4.78, 5) is 24.0. The normalized spacial score (nSPS) is 33.1. The van der Waals surface area contributed by atoms with Gasteiger partial charge in [0.15, 0.2) is 5.78 Å². The van der Waals surface area contributed by atoms with E-state index in [4.69, 9.17) is 4.74 Å². The molecule has 5 heteroatoms. The summed E-state index contributed by atoms with van der Waals surface area (Å²) in [5.41, 5.74) is 2.97. The van der Waals surface area contributed by atoms with Crippen molar-refractivity contribution in [3.63, 3.8) is 0 Å². The maximum atomic E-state index is 12.3. The van der Waals surface area contributed by atoms with Crippen LogP contribution in [0.1, 0.15) is 91.9 Å². The molecule has 0 aliphatic heterocycles. The molecule has 0 heterocycles. The lowest BCUT2D eigenvalue weighted by Gasteiger charge is -2.44. The van der Waals surface area contributed by atoms with Gasteiger partial charge in [0.1, 0.15) is 17.0 Å². The van der Waals surface area contributed by atoms with Crippen LogP contribution in [-0.4, -0.2) is 33.9 Å². The Bertz CT molecular complexity index is 849. The van der Waals surface area contributed by atoms with Gasteiger partial charge in [-0.1, -0.05) is 59.7 Å². The summed E-state index contributed by atoms with van der Waals surface area (Å²) >= 11 is 3.18. The third kappa shape index (κ3) is 6.32. The SMILES string of the molecule is C=C1CC[C@H](OC(=O)CBr)CC1=CC=C1CCC[C@@]2(C)C1CC[C@@H]2[C@H](C)CCC(=O)C(C)(C)O. The maximum Gasteiger partial charge on any atom is 0.316 e. The number of carbonyl (C=O) groups is 2. The first-order chi connectivity index (χ1) is 16.0. The minimum Gasteiger partial charge on any atom is -0.461 e. The molecule has 0 radical (unpaired) electrons. The minimum absolute atomic E-state index is 0.0530. The first-order valence-electron chi connectivity index (χ1n) is 13.0. The Morgan fingerprint density at radius 2 is 2.00 bits per heavy atom. The first kappa shape index (κ1) is 27.4. The van der Waals surface area contributed by atoms with E-state index in [0.717, 1.165) is 37.7 Å². The van der Waals surface area contributed by atoms with Gasteiger partial charge in [0.25, 0.3) is 0 Å². The molecule has 0 aromatic carbocycles. The predicted molar refractivity (Wildman–Crippen MR) is 141 cm³/mol. The van der Waals surface area contributed by atoms with E-state index < -0.39 is 5.60 Å². The van der Waals surface area contributed by atoms with Crippen LogP contribution in [-0.2, 0) is 14.3 Å². The molecule has 190 valence electrons. The van der Waals surface area contributed by atoms with Crippen LogP contribution in [0.25, 0.3) is 0 Å². The van der Waals surface area contributed by atoms with Gasteiger partial charge >= 0.3 is 5.97 Å². The van der Waals surface area contributed by atoms with Crippen molar-refractivity contribution in [2.24, 2.45) is 23.2 Å². The number of ketones is 1. The van der Waals surface area contributed by atoms with Crippen molar-refractivity contribution in [1.82, 2.24) is 0 Å². The van der Waals surface area contributed by atoms with Gasteiger partial charge in [-0.25, -0.2) is 0 Å². The van der Waals surface area contributed by atoms with Crippen molar-refractivity contribution >= 4 is 27.7 Å². The molecule has 0 saturated heterocycles. The van der Waals surface area contributed by atoms with Crippen LogP contribution in [0, 0.1) is 23.2 Å². The zero-order valence-corrected chi connectivity index (χ0v) is 23.1. The van der Waals surface area contributed by atoms with E-state index in [2.05, 4.69) is 48.5 Å². The lowest BCUT2D eigenvalue weighted by Crippen LogP contribution is -2.36. The van der Waals surface area contributed by atoms with Gasteiger partial charge in [0.05, 0.1) is 0 Å². The second-order valence-corrected chi connectivity index (χ2v) is 12.2. The third-order valence-corrected chi connectivity index (χ3v) is 9.27. The van der Waals surface area contributed by atoms with Gasteiger partial charge in [-0.05, 0) is 94.0 Å². The number of aliphatic hydroxyl groups is 1. The molecule has 0 spiro atoms. The number of hydrogen-bond donors (Lipinski definition) is 1. The highest BCUT2D eigenvalue weighted by molar-refractivity contribution is 9.09. The molecule has 5 atom stereocenters. The molecule has 1 N–H and O–H groups in total. The highest BCUT2D eigenvalue weighted by Crippen LogP contribution is 2.59. The summed E-state index contributed by atoms with van der Waals surface area (Å²) in [5, 5.41) is 10.2. The smallest absolute Gasteiger partial charge is 0.316 e. The van der Waals surface area contributed by atoms with E-state index in [1.165, 1.54) is 31.3 Å². The number of halogens is 1. The standard InChI is InChI=1S/C29H43BrO4/c1-19-8-12-23(34-27(32)18-30)17-22(19)11-10-21-7-6-16-29(5)24(13-14-25(21)29)20(2)9-15-26(31)28(3,4)33/h10-11,20,23-25,33H,1,6-9,12-18H2,2-5H3/t20-,23+,24-,25?,29-/m1/s1. The summed E-state index contributed by atoms with van der Waals surface area (Å²) < 4.78 is 5.57. The van der Waals surface area contributed by atoms with Gasteiger partial charge in [-0.15, -0.1) is 0 Å². The number of alkyl halides is 1. The third-order valence-electron chi connectivity index (χ3n) is 8.81. The highest BCUT2D eigenvalue weighted by atomic mass is 79.9. The molecule has 3 fully saturated rings. The van der Waals surface area contributed by atoms with Crippen molar-refractivity contribution < 1.29 is 19.4 Å². The van der Waals surface area contributed by atoms with Crippen LogP contribution >= 0.6 is 15.9 Å². The van der Waals surface area contributed by atoms with Gasteiger partial charge in [-0.3, -0.25) is 9.59 Å². The molecule has 0 amide bonds. The van der Waals surface area contributed by atoms with Gasteiger partial charge in [0, 0.05) is 12.8 Å². The zero-order chi connectivity index (χ0) is 25.1. The average Bonchev–Trinajstić information content (AvgIpc) is 3.14. The van der Waals surface area contributed by atoms with Crippen LogP contribution in [0.15, 0.2) is 35.5 Å². The molecule has 3 aliphatic rings. The fourth-order valence-corrected chi connectivity index (χ4v) is 6.91.